The van der Waals surface area contributed by atoms with Gasteiger partial charge in [0.25, 0.3) is 0 Å². The SMILES string of the molecule is COc1ccc(F)cc1C(CCCC(=O)O)N(C)C. The lowest BCUT2D eigenvalue weighted by atomic mass is 9.99. The molecule has 1 aromatic carbocycles. The summed E-state index contributed by atoms with van der Waals surface area (Å²) in [5.74, 6) is -0.514. The lowest BCUT2D eigenvalue weighted by Gasteiger charge is -2.26. The van der Waals surface area contributed by atoms with Crippen molar-refractivity contribution in [2.24, 2.45) is 0 Å². The molecule has 4 nitrogen and oxygen atoms in total. The molecular weight excluding hydrogens is 249 g/mol. The molecule has 0 amide bonds. The molecule has 0 spiro atoms. The van der Waals surface area contributed by atoms with Gasteiger partial charge in [-0.3, -0.25) is 4.79 Å². The van der Waals surface area contributed by atoms with Gasteiger partial charge in [-0.25, -0.2) is 4.39 Å². The summed E-state index contributed by atoms with van der Waals surface area (Å²) in [6.07, 6.45) is 1.29. The van der Waals surface area contributed by atoms with E-state index in [0.717, 1.165) is 5.56 Å². The zero-order valence-electron chi connectivity index (χ0n) is 11.5. The summed E-state index contributed by atoms with van der Waals surface area (Å²) >= 11 is 0. The number of hydrogen-bond donors (Lipinski definition) is 1. The second-order valence-electron chi connectivity index (χ2n) is 4.65. The molecule has 0 fully saturated rings. The number of aliphatic carboxylic acids is 1. The maximum atomic E-state index is 13.4. The maximum absolute atomic E-state index is 13.4. The molecule has 1 N–H and O–H groups in total. The molecule has 0 aliphatic carbocycles. The highest BCUT2D eigenvalue weighted by Crippen LogP contribution is 2.32. The van der Waals surface area contributed by atoms with E-state index in [1.807, 2.05) is 19.0 Å². The number of carbonyl (C=O) groups is 1. The number of halogens is 1. The topological polar surface area (TPSA) is 49.8 Å². The van der Waals surface area contributed by atoms with Crippen LogP contribution < -0.4 is 4.74 Å². The number of hydrogen-bond acceptors (Lipinski definition) is 3. The van der Waals surface area contributed by atoms with Crippen LogP contribution in [0.2, 0.25) is 0 Å². The van der Waals surface area contributed by atoms with Gasteiger partial charge in [0, 0.05) is 18.0 Å². The summed E-state index contributed by atoms with van der Waals surface area (Å²) in [6, 6.07) is 4.33. The predicted octanol–water partition coefficient (Wildman–Crippen LogP) is 2.69. The Bertz CT molecular complexity index is 435. The van der Waals surface area contributed by atoms with Gasteiger partial charge in [-0.1, -0.05) is 0 Å². The van der Waals surface area contributed by atoms with Gasteiger partial charge in [0.1, 0.15) is 11.6 Å². The average molecular weight is 269 g/mol. The fourth-order valence-electron chi connectivity index (χ4n) is 2.10. The highest BCUT2D eigenvalue weighted by atomic mass is 19.1. The first kappa shape index (κ1) is 15.4. The van der Waals surface area contributed by atoms with Gasteiger partial charge in [0.05, 0.1) is 7.11 Å². The van der Waals surface area contributed by atoms with Crippen molar-refractivity contribution in [1.82, 2.24) is 4.90 Å². The lowest BCUT2D eigenvalue weighted by Crippen LogP contribution is -2.21. The van der Waals surface area contributed by atoms with Crippen molar-refractivity contribution < 1.29 is 19.0 Å². The number of rotatable bonds is 7. The molecule has 1 atom stereocenters. The van der Waals surface area contributed by atoms with Gasteiger partial charge in [0.2, 0.25) is 0 Å². The van der Waals surface area contributed by atoms with E-state index >= 15 is 0 Å². The van der Waals surface area contributed by atoms with Crippen LogP contribution in [0.5, 0.6) is 5.75 Å². The third kappa shape index (κ3) is 4.52. The van der Waals surface area contributed by atoms with Crippen molar-refractivity contribution in [1.29, 1.82) is 0 Å². The summed E-state index contributed by atoms with van der Waals surface area (Å²) in [6.45, 7) is 0. The molecule has 0 heterocycles. The molecule has 106 valence electrons. The van der Waals surface area contributed by atoms with E-state index in [0.29, 0.717) is 18.6 Å². The van der Waals surface area contributed by atoms with Crippen LogP contribution in [0.15, 0.2) is 18.2 Å². The quantitative estimate of drug-likeness (QED) is 0.827. The minimum atomic E-state index is -0.816. The van der Waals surface area contributed by atoms with Crippen molar-refractivity contribution in [2.75, 3.05) is 21.2 Å². The Balaban J connectivity index is 2.91. The standard InChI is InChI=1S/C14H20FNO3/c1-16(2)12(5-4-6-14(17)18)11-9-10(15)7-8-13(11)19-3/h7-9,12H,4-6H2,1-3H3,(H,17,18). The van der Waals surface area contributed by atoms with E-state index in [1.165, 1.54) is 12.1 Å². The second-order valence-corrected chi connectivity index (χ2v) is 4.65. The van der Waals surface area contributed by atoms with Crippen LogP contribution in [-0.4, -0.2) is 37.2 Å². The third-order valence-electron chi connectivity index (χ3n) is 3.04. The zero-order chi connectivity index (χ0) is 14.4. The Morgan fingerprint density at radius 1 is 1.47 bits per heavy atom. The van der Waals surface area contributed by atoms with Crippen LogP contribution in [0.3, 0.4) is 0 Å². The molecule has 0 saturated heterocycles. The van der Waals surface area contributed by atoms with Crippen molar-refractivity contribution in [3.63, 3.8) is 0 Å². The smallest absolute Gasteiger partial charge is 0.303 e. The van der Waals surface area contributed by atoms with Crippen LogP contribution in [0.25, 0.3) is 0 Å². The third-order valence-corrected chi connectivity index (χ3v) is 3.04. The highest BCUT2D eigenvalue weighted by Gasteiger charge is 2.19. The van der Waals surface area contributed by atoms with Crippen LogP contribution in [-0.2, 0) is 4.79 Å². The molecule has 1 unspecified atom stereocenters. The zero-order valence-corrected chi connectivity index (χ0v) is 11.5. The Labute approximate surface area is 112 Å². The van der Waals surface area contributed by atoms with Gasteiger partial charge < -0.3 is 14.7 Å². The number of ether oxygens (including phenoxy) is 1. The fraction of sp³-hybridized carbons (Fsp3) is 0.500. The Hall–Kier alpha value is -1.62. The van der Waals surface area contributed by atoms with Crippen molar-refractivity contribution >= 4 is 5.97 Å². The number of benzene rings is 1. The molecule has 0 radical (unpaired) electrons. The van der Waals surface area contributed by atoms with Crippen LogP contribution in [0, 0.1) is 5.82 Å². The Morgan fingerprint density at radius 3 is 2.68 bits per heavy atom. The van der Waals surface area contributed by atoms with E-state index in [2.05, 4.69) is 0 Å². The molecule has 1 rings (SSSR count). The molecular formula is C14H20FNO3. The fourth-order valence-corrected chi connectivity index (χ4v) is 2.10. The molecule has 5 heteroatoms. The number of methoxy groups -OCH3 is 1. The summed E-state index contributed by atoms with van der Waals surface area (Å²) in [7, 11) is 5.31. The van der Waals surface area contributed by atoms with Crippen molar-refractivity contribution in [2.45, 2.75) is 25.3 Å². The Kier molecular flexibility index (Phi) is 5.76. The van der Waals surface area contributed by atoms with Gasteiger partial charge in [-0.05, 0) is 45.1 Å². The summed E-state index contributed by atoms with van der Waals surface area (Å²) in [4.78, 5) is 12.5. The number of carboxylic acids is 1. The normalized spacial score (nSPS) is 12.5. The highest BCUT2D eigenvalue weighted by molar-refractivity contribution is 5.66. The molecule has 19 heavy (non-hydrogen) atoms. The largest absolute Gasteiger partial charge is 0.496 e. The molecule has 0 saturated carbocycles. The first-order valence-electron chi connectivity index (χ1n) is 6.17. The summed E-state index contributed by atoms with van der Waals surface area (Å²) in [5, 5.41) is 8.68. The minimum Gasteiger partial charge on any atom is -0.496 e. The molecule has 0 aliphatic rings. The van der Waals surface area contributed by atoms with Crippen LogP contribution in [0.4, 0.5) is 4.39 Å². The second kappa shape index (κ2) is 7.09. The van der Waals surface area contributed by atoms with Gasteiger partial charge in [-0.2, -0.15) is 0 Å². The lowest BCUT2D eigenvalue weighted by molar-refractivity contribution is -0.137. The molecule has 0 bridgehead atoms. The van der Waals surface area contributed by atoms with E-state index in [1.54, 1.807) is 13.2 Å². The molecule has 0 aliphatic heterocycles. The molecule has 1 aromatic rings. The van der Waals surface area contributed by atoms with Gasteiger partial charge >= 0.3 is 5.97 Å². The maximum Gasteiger partial charge on any atom is 0.303 e. The number of carboxylic acid groups (broad SMARTS) is 1. The monoisotopic (exact) mass is 269 g/mol. The van der Waals surface area contributed by atoms with Crippen LogP contribution in [0.1, 0.15) is 30.9 Å². The van der Waals surface area contributed by atoms with E-state index in [9.17, 15) is 9.18 Å². The van der Waals surface area contributed by atoms with E-state index in [-0.39, 0.29) is 18.3 Å². The van der Waals surface area contributed by atoms with Crippen LogP contribution >= 0.6 is 0 Å². The minimum absolute atomic E-state index is 0.0648. The first-order chi connectivity index (χ1) is 8.95. The summed E-state index contributed by atoms with van der Waals surface area (Å²) < 4.78 is 18.6. The number of nitrogens with zero attached hydrogens (tertiary/aromatic N) is 1. The first-order valence-corrected chi connectivity index (χ1v) is 6.17. The average Bonchev–Trinajstić information content (AvgIpc) is 2.34. The van der Waals surface area contributed by atoms with Gasteiger partial charge in [-0.15, -0.1) is 0 Å². The Morgan fingerprint density at radius 2 is 2.16 bits per heavy atom. The van der Waals surface area contributed by atoms with Crippen molar-refractivity contribution in [3.8, 4) is 5.75 Å². The van der Waals surface area contributed by atoms with E-state index < -0.39 is 5.97 Å². The predicted molar refractivity (Wildman–Crippen MR) is 70.9 cm³/mol. The van der Waals surface area contributed by atoms with Crippen molar-refractivity contribution in [3.05, 3.63) is 29.6 Å². The summed E-state index contributed by atoms with van der Waals surface area (Å²) in [5.41, 5.74) is 0.748. The molecule has 0 aromatic heterocycles. The van der Waals surface area contributed by atoms with Gasteiger partial charge in [0.15, 0.2) is 0 Å². The van der Waals surface area contributed by atoms with E-state index in [4.69, 9.17) is 9.84 Å².